The summed E-state index contributed by atoms with van der Waals surface area (Å²) < 4.78 is 22.7. The summed E-state index contributed by atoms with van der Waals surface area (Å²) in [6.45, 7) is 1.54. The molecule has 88 valence electrons. The zero-order valence-electron chi connectivity index (χ0n) is 8.81. The zero-order chi connectivity index (χ0) is 12.4. The van der Waals surface area contributed by atoms with Gasteiger partial charge in [-0.3, -0.25) is 0 Å². The van der Waals surface area contributed by atoms with Gasteiger partial charge >= 0.3 is 6.16 Å². The van der Waals surface area contributed by atoms with Gasteiger partial charge in [-0.15, -0.1) is 0 Å². The summed E-state index contributed by atoms with van der Waals surface area (Å²) in [6, 6.07) is 5.52. The molecule has 1 aromatic carbocycles. The van der Waals surface area contributed by atoms with E-state index in [0.29, 0.717) is 5.56 Å². The molecule has 1 N–H and O–H groups in total. The van der Waals surface area contributed by atoms with E-state index in [1.807, 2.05) is 0 Å². The Balaban J connectivity index is 2.47. The molecular weight excluding hydrogens is 229 g/mol. The Morgan fingerprint density at radius 2 is 2.29 bits per heavy atom. The first-order valence-electron chi connectivity index (χ1n) is 4.70. The molecule has 0 aliphatic rings. The minimum atomic E-state index is -1.50. The van der Waals surface area contributed by atoms with Crippen molar-refractivity contribution in [2.75, 3.05) is 0 Å². The molecule has 0 aliphatic carbocycles. The second kappa shape index (κ2) is 4.25. The summed E-state index contributed by atoms with van der Waals surface area (Å²) in [5, 5.41) is 8.52. The summed E-state index contributed by atoms with van der Waals surface area (Å²) in [5.41, 5.74) is 0.363. The van der Waals surface area contributed by atoms with Gasteiger partial charge in [-0.2, -0.15) is 4.98 Å². The van der Waals surface area contributed by atoms with Gasteiger partial charge in [0, 0.05) is 12.5 Å². The number of aromatic nitrogens is 1. The Kier molecular flexibility index (Phi) is 2.78. The predicted octanol–water partition coefficient (Wildman–Crippen LogP) is 2.85. The summed E-state index contributed by atoms with van der Waals surface area (Å²) in [4.78, 5) is 14.2. The number of aryl methyl sites for hydroxylation is 1. The molecule has 0 spiro atoms. The normalized spacial score (nSPS) is 10.2. The van der Waals surface area contributed by atoms with Crippen molar-refractivity contribution >= 4 is 6.16 Å². The van der Waals surface area contributed by atoms with Crippen molar-refractivity contribution < 1.29 is 23.4 Å². The SMILES string of the molecule is Cc1nc(OC(=O)O)c(-c2cccc(F)c2)o1. The van der Waals surface area contributed by atoms with Crippen LogP contribution >= 0.6 is 0 Å². The molecule has 0 aliphatic heterocycles. The minimum absolute atomic E-state index is 0.0874. The van der Waals surface area contributed by atoms with E-state index < -0.39 is 12.0 Å². The fourth-order valence-corrected chi connectivity index (χ4v) is 1.37. The summed E-state index contributed by atoms with van der Waals surface area (Å²) in [7, 11) is 0. The Bertz CT molecular complexity index is 564. The highest BCUT2D eigenvalue weighted by Crippen LogP contribution is 2.30. The minimum Gasteiger partial charge on any atom is -0.449 e. The lowest BCUT2D eigenvalue weighted by Gasteiger charge is -1.99. The quantitative estimate of drug-likeness (QED) is 0.813. The van der Waals surface area contributed by atoms with Gasteiger partial charge in [-0.1, -0.05) is 12.1 Å². The maximum atomic E-state index is 13.0. The number of oxazole rings is 1. The number of hydrogen-bond acceptors (Lipinski definition) is 4. The molecule has 17 heavy (non-hydrogen) atoms. The lowest BCUT2D eigenvalue weighted by atomic mass is 10.2. The topological polar surface area (TPSA) is 72.6 Å². The highest BCUT2D eigenvalue weighted by molar-refractivity contribution is 5.68. The molecule has 0 unspecified atom stereocenters. The van der Waals surface area contributed by atoms with Gasteiger partial charge in [0.25, 0.3) is 5.88 Å². The van der Waals surface area contributed by atoms with E-state index in [1.165, 1.54) is 25.1 Å². The third-order valence-electron chi connectivity index (χ3n) is 1.97. The van der Waals surface area contributed by atoms with Crippen molar-refractivity contribution in [3.63, 3.8) is 0 Å². The van der Waals surface area contributed by atoms with Crippen molar-refractivity contribution in [3.8, 4) is 17.2 Å². The molecule has 1 aromatic heterocycles. The van der Waals surface area contributed by atoms with Gasteiger partial charge in [0.05, 0.1) is 0 Å². The van der Waals surface area contributed by atoms with Crippen LogP contribution in [-0.4, -0.2) is 16.2 Å². The van der Waals surface area contributed by atoms with Crippen LogP contribution in [0.15, 0.2) is 28.7 Å². The molecule has 0 amide bonds. The second-order valence-corrected chi connectivity index (χ2v) is 3.25. The number of ether oxygens (including phenoxy) is 1. The molecule has 0 saturated heterocycles. The monoisotopic (exact) mass is 237 g/mol. The number of carbonyl (C=O) groups is 1. The Morgan fingerprint density at radius 1 is 1.53 bits per heavy atom. The van der Waals surface area contributed by atoms with Crippen LogP contribution in [0.5, 0.6) is 5.88 Å². The fourth-order valence-electron chi connectivity index (χ4n) is 1.37. The van der Waals surface area contributed by atoms with E-state index in [0.717, 1.165) is 0 Å². The van der Waals surface area contributed by atoms with Gasteiger partial charge in [0.1, 0.15) is 5.82 Å². The molecule has 0 saturated carbocycles. The Hall–Kier alpha value is -2.37. The molecule has 1 heterocycles. The molecular formula is C11H8FNO4. The van der Waals surface area contributed by atoms with Crippen LogP contribution in [0.3, 0.4) is 0 Å². The highest BCUT2D eigenvalue weighted by atomic mass is 19.1. The van der Waals surface area contributed by atoms with Gasteiger partial charge < -0.3 is 14.3 Å². The fraction of sp³-hybridized carbons (Fsp3) is 0.0909. The Labute approximate surface area is 95.5 Å². The summed E-state index contributed by atoms with van der Waals surface area (Å²) >= 11 is 0. The second-order valence-electron chi connectivity index (χ2n) is 3.25. The standard InChI is InChI=1S/C11H8FNO4/c1-6-13-10(17-11(14)15)9(16-6)7-3-2-4-8(12)5-7/h2-5H,1H3,(H,14,15). The van der Waals surface area contributed by atoms with E-state index >= 15 is 0 Å². The van der Waals surface area contributed by atoms with E-state index in [1.54, 1.807) is 6.07 Å². The van der Waals surface area contributed by atoms with Crippen molar-refractivity contribution in [2.45, 2.75) is 6.92 Å². The lowest BCUT2D eigenvalue weighted by molar-refractivity contribution is 0.143. The third-order valence-corrected chi connectivity index (χ3v) is 1.97. The first-order valence-corrected chi connectivity index (χ1v) is 4.70. The predicted molar refractivity (Wildman–Crippen MR) is 55.3 cm³/mol. The molecule has 6 heteroatoms. The average molecular weight is 237 g/mol. The number of halogens is 1. The van der Waals surface area contributed by atoms with Gasteiger partial charge in [0.2, 0.25) is 0 Å². The molecule has 0 fully saturated rings. The van der Waals surface area contributed by atoms with Crippen LogP contribution in [0.25, 0.3) is 11.3 Å². The van der Waals surface area contributed by atoms with E-state index in [9.17, 15) is 9.18 Å². The maximum Gasteiger partial charge on any atom is 0.512 e. The third kappa shape index (κ3) is 2.41. The van der Waals surface area contributed by atoms with Crippen LogP contribution in [0, 0.1) is 12.7 Å². The first-order chi connectivity index (χ1) is 8.06. The van der Waals surface area contributed by atoms with Crippen molar-refractivity contribution in [2.24, 2.45) is 0 Å². The molecule has 0 bridgehead atoms. The van der Waals surface area contributed by atoms with Crippen LogP contribution in [-0.2, 0) is 0 Å². The number of nitrogens with zero attached hydrogens (tertiary/aromatic N) is 1. The molecule has 2 aromatic rings. The summed E-state index contributed by atoms with van der Waals surface area (Å²) in [6.07, 6.45) is -1.50. The number of hydrogen-bond donors (Lipinski definition) is 1. The average Bonchev–Trinajstić information content (AvgIpc) is 2.58. The molecule has 0 atom stereocenters. The zero-order valence-corrected chi connectivity index (χ0v) is 8.81. The number of rotatable bonds is 2. The van der Waals surface area contributed by atoms with Gasteiger partial charge in [0.15, 0.2) is 11.7 Å². The van der Waals surface area contributed by atoms with Crippen LogP contribution < -0.4 is 4.74 Å². The Morgan fingerprint density at radius 3 is 2.94 bits per heavy atom. The van der Waals surface area contributed by atoms with Crippen molar-refractivity contribution in [1.29, 1.82) is 0 Å². The summed E-state index contributed by atoms with van der Waals surface area (Å²) in [5.74, 6) is -0.330. The number of benzene rings is 1. The van der Waals surface area contributed by atoms with Crippen LogP contribution in [0.2, 0.25) is 0 Å². The van der Waals surface area contributed by atoms with E-state index in [2.05, 4.69) is 9.72 Å². The largest absolute Gasteiger partial charge is 0.512 e. The van der Waals surface area contributed by atoms with E-state index in [-0.39, 0.29) is 17.5 Å². The molecule has 5 nitrogen and oxygen atoms in total. The first kappa shape index (κ1) is 11.1. The van der Waals surface area contributed by atoms with E-state index in [4.69, 9.17) is 9.52 Å². The maximum absolute atomic E-state index is 13.0. The molecule has 0 radical (unpaired) electrons. The lowest BCUT2D eigenvalue weighted by Crippen LogP contribution is -2.04. The smallest absolute Gasteiger partial charge is 0.449 e. The molecule has 2 rings (SSSR count). The number of carboxylic acid groups (broad SMARTS) is 1. The van der Waals surface area contributed by atoms with Crippen molar-refractivity contribution in [1.82, 2.24) is 4.98 Å². The van der Waals surface area contributed by atoms with Crippen LogP contribution in [0.4, 0.5) is 9.18 Å². The van der Waals surface area contributed by atoms with Crippen molar-refractivity contribution in [3.05, 3.63) is 36.0 Å². The highest BCUT2D eigenvalue weighted by Gasteiger charge is 2.17. The van der Waals surface area contributed by atoms with Crippen LogP contribution in [0.1, 0.15) is 5.89 Å². The van der Waals surface area contributed by atoms with Gasteiger partial charge in [-0.25, -0.2) is 9.18 Å². The van der Waals surface area contributed by atoms with Gasteiger partial charge in [-0.05, 0) is 12.1 Å².